The zero-order valence-corrected chi connectivity index (χ0v) is 15.3. The Labute approximate surface area is 157 Å². The standard InChI is InChI=1S/C20H21ClN2O3/c1-26-18-7-5-17(6-8-18)22-20(25)15-12-19(24)23(13-15)10-9-14-3-2-4-16(21)11-14/h2-8,11,15H,9-10,12-13H2,1H3,(H,22,25). The molecule has 26 heavy (non-hydrogen) atoms. The number of rotatable bonds is 6. The number of carbonyl (C=O) groups is 2. The molecule has 1 aliphatic rings. The third kappa shape index (κ3) is 4.55. The summed E-state index contributed by atoms with van der Waals surface area (Å²) in [7, 11) is 1.59. The van der Waals surface area contributed by atoms with Gasteiger partial charge in [0.05, 0.1) is 13.0 Å². The summed E-state index contributed by atoms with van der Waals surface area (Å²) in [5.74, 6) is 0.283. The maximum absolute atomic E-state index is 12.4. The number of likely N-dealkylation sites (tertiary alicyclic amines) is 1. The lowest BCUT2D eigenvalue weighted by molar-refractivity contribution is -0.128. The van der Waals surface area contributed by atoms with Gasteiger partial charge in [-0.05, 0) is 48.4 Å². The van der Waals surface area contributed by atoms with E-state index < -0.39 is 0 Å². The molecule has 3 rings (SSSR count). The molecular formula is C20H21ClN2O3. The Hall–Kier alpha value is -2.53. The molecule has 0 bridgehead atoms. The van der Waals surface area contributed by atoms with Crippen LogP contribution in [0.3, 0.4) is 0 Å². The predicted octanol–water partition coefficient (Wildman–Crippen LogP) is 3.38. The average molecular weight is 373 g/mol. The van der Waals surface area contributed by atoms with Crippen molar-refractivity contribution < 1.29 is 14.3 Å². The zero-order valence-electron chi connectivity index (χ0n) is 14.6. The fourth-order valence-electron chi connectivity index (χ4n) is 3.04. The number of hydrogen-bond acceptors (Lipinski definition) is 3. The fraction of sp³-hybridized carbons (Fsp3) is 0.300. The Morgan fingerprint density at radius 2 is 2.04 bits per heavy atom. The molecule has 6 heteroatoms. The van der Waals surface area contributed by atoms with Gasteiger partial charge in [-0.15, -0.1) is 0 Å². The third-order valence-corrected chi connectivity index (χ3v) is 4.74. The number of amides is 2. The summed E-state index contributed by atoms with van der Waals surface area (Å²) in [5.41, 5.74) is 1.78. The molecule has 1 aliphatic heterocycles. The first-order chi connectivity index (χ1) is 12.5. The van der Waals surface area contributed by atoms with Gasteiger partial charge in [0.15, 0.2) is 0 Å². The minimum Gasteiger partial charge on any atom is -0.497 e. The van der Waals surface area contributed by atoms with Crippen molar-refractivity contribution in [3.05, 3.63) is 59.1 Å². The number of hydrogen-bond donors (Lipinski definition) is 1. The molecule has 2 aromatic rings. The summed E-state index contributed by atoms with van der Waals surface area (Å²) in [4.78, 5) is 26.4. The van der Waals surface area contributed by atoms with Gasteiger partial charge in [0.1, 0.15) is 5.75 Å². The molecule has 1 atom stereocenters. The lowest BCUT2D eigenvalue weighted by Gasteiger charge is -2.16. The minimum atomic E-state index is -0.330. The molecule has 5 nitrogen and oxygen atoms in total. The monoisotopic (exact) mass is 372 g/mol. The Morgan fingerprint density at radius 3 is 2.73 bits per heavy atom. The second kappa shape index (κ2) is 8.23. The van der Waals surface area contributed by atoms with Gasteiger partial charge in [0, 0.05) is 30.2 Å². The van der Waals surface area contributed by atoms with E-state index >= 15 is 0 Å². The summed E-state index contributed by atoms with van der Waals surface area (Å²) >= 11 is 5.99. The van der Waals surface area contributed by atoms with Gasteiger partial charge in [0.25, 0.3) is 0 Å². The van der Waals surface area contributed by atoms with Gasteiger partial charge in [-0.2, -0.15) is 0 Å². The lowest BCUT2D eigenvalue weighted by atomic mass is 10.1. The first-order valence-electron chi connectivity index (χ1n) is 8.52. The average Bonchev–Trinajstić information content (AvgIpc) is 3.02. The fourth-order valence-corrected chi connectivity index (χ4v) is 3.25. The molecule has 1 saturated heterocycles. The first kappa shape index (κ1) is 18.3. The number of anilines is 1. The van der Waals surface area contributed by atoms with Crippen LogP contribution in [0.2, 0.25) is 5.02 Å². The van der Waals surface area contributed by atoms with Crippen molar-refractivity contribution in [3.8, 4) is 5.75 Å². The SMILES string of the molecule is COc1ccc(NC(=O)C2CC(=O)N(CCc3cccc(Cl)c3)C2)cc1. The van der Waals surface area contributed by atoms with Crippen LogP contribution in [-0.2, 0) is 16.0 Å². The largest absolute Gasteiger partial charge is 0.497 e. The molecule has 1 N–H and O–H groups in total. The molecule has 2 amide bonds. The number of benzene rings is 2. The molecule has 1 fully saturated rings. The van der Waals surface area contributed by atoms with Crippen LogP contribution >= 0.6 is 11.6 Å². The van der Waals surface area contributed by atoms with Crippen molar-refractivity contribution in [3.63, 3.8) is 0 Å². The molecule has 0 aromatic heterocycles. The number of nitrogens with zero attached hydrogens (tertiary/aromatic N) is 1. The summed E-state index contributed by atoms with van der Waals surface area (Å²) in [5, 5.41) is 3.55. The van der Waals surface area contributed by atoms with E-state index in [9.17, 15) is 9.59 Å². The molecule has 0 spiro atoms. The van der Waals surface area contributed by atoms with E-state index in [0.29, 0.717) is 23.8 Å². The van der Waals surface area contributed by atoms with Gasteiger partial charge >= 0.3 is 0 Å². The van der Waals surface area contributed by atoms with Crippen LogP contribution in [0.1, 0.15) is 12.0 Å². The van der Waals surface area contributed by atoms with E-state index in [1.54, 1.807) is 36.3 Å². The molecule has 1 unspecified atom stereocenters. The van der Waals surface area contributed by atoms with Crippen molar-refractivity contribution in [2.75, 3.05) is 25.5 Å². The van der Waals surface area contributed by atoms with E-state index in [0.717, 1.165) is 17.7 Å². The maximum atomic E-state index is 12.4. The highest BCUT2D eigenvalue weighted by molar-refractivity contribution is 6.30. The zero-order chi connectivity index (χ0) is 18.5. The lowest BCUT2D eigenvalue weighted by Crippen LogP contribution is -2.30. The third-order valence-electron chi connectivity index (χ3n) is 4.50. The Kier molecular flexibility index (Phi) is 5.78. The molecule has 2 aromatic carbocycles. The summed E-state index contributed by atoms with van der Waals surface area (Å²) in [6.45, 7) is 1.03. The van der Waals surface area contributed by atoms with E-state index in [-0.39, 0.29) is 24.2 Å². The predicted molar refractivity (Wildman–Crippen MR) is 101 cm³/mol. The van der Waals surface area contributed by atoms with Crippen LogP contribution in [0.25, 0.3) is 0 Å². The normalized spacial score (nSPS) is 16.6. The van der Waals surface area contributed by atoms with Crippen LogP contribution < -0.4 is 10.1 Å². The van der Waals surface area contributed by atoms with Crippen molar-refractivity contribution >= 4 is 29.1 Å². The van der Waals surface area contributed by atoms with Gasteiger partial charge < -0.3 is 15.0 Å². The van der Waals surface area contributed by atoms with Crippen molar-refractivity contribution in [2.45, 2.75) is 12.8 Å². The molecule has 1 heterocycles. The summed E-state index contributed by atoms with van der Waals surface area (Å²) in [6, 6.07) is 14.7. The first-order valence-corrected chi connectivity index (χ1v) is 8.90. The van der Waals surface area contributed by atoms with Gasteiger partial charge in [-0.1, -0.05) is 23.7 Å². The maximum Gasteiger partial charge on any atom is 0.229 e. The topological polar surface area (TPSA) is 58.6 Å². The number of halogens is 1. The summed E-state index contributed by atoms with van der Waals surface area (Å²) in [6.07, 6.45) is 0.969. The van der Waals surface area contributed by atoms with Crippen LogP contribution in [0.4, 0.5) is 5.69 Å². The van der Waals surface area contributed by atoms with Crippen molar-refractivity contribution in [1.29, 1.82) is 0 Å². The second-order valence-electron chi connectivity index (χ2n) is 6.34. The minimum absolute atomic E-state index is 0.0157. The molecular weight excluding hydrogens is 352 g/mol. The smallest absolute Gasteiger partial charge is 0.229 e. The Balaban J connectivity index is 1.53. The highest BCUT2D eigenvalue weighted by Gasteiger charge is 2.34. The molecule has 0 saturated carbocycles. The summed E-state index contributed by atoms with van der Waals surface area (Å²) < 4.78 is 5.10. The van der Waals surface area contributed by atoms with E-state index in [1.165, 1.54) is 0 Å². The van der Waals surface area contributed by atoms with Crippen LogP contribution in [0.15, 0.2) is 48.5 Å². The van der Waals surface area contributed by atoms with Crippen molar-refractivity contribution in [2.24, 2.45) is 5.92 Å². The number of methoxy groups -OCH3 is 1. The van der Waals surface area contributed by atoms with Crippen molar-refractivity contribution in [1.82, 2.24) is 4.90 Å². The van der Waals surface area contributed by atoms with Gasteiger partial charge in [0.2, 0.25) is 11.8 Å². The van der Waals surface area contributed by atoms with E-state index in [4.69, 9.17) is 16.3 Å². The van der Waals surface area contributed by atoms with Crippen LogP contribution in [0, 0.1) is 5.92 Å². The van der Waals surface area contributed by atoms with Gasteiger partial charge in [-0.3, -0.25) is 9.59 Å². The highest BCUT2D eigenvalue weighted by atomic mass is 35.5. The van der Waals surface area contributed by atoms with E-state index in [1.807, 2.05) is 24.3 Å². The molecule has 0 radical (unpaired) electrons. The van der Waals surface area contributed by atoms with E-state index in [2.05, 4.69) is 5.32 Å². The molecule has 0 aliphatic carbocycles. The number of nitrogens with one attached hydrogen (secondary N) is 1. The molecule has 136 valence electrons. The Morgan fingerprint density at radius 1 is 1.27 bits per heavy atom. The number of carbonyl (C=O) groups excluding carboxylic acids is 2. The van der Waals surface area contributed by atoms with Crippen LogP contribution in [0.5, 0.6) is 5.75 Å². The van der Waals surface area contributed by atoms with Crippen LogP contribution in [-0.4, -0.2) is 36.9 Å². The highest BCUT2D eigenvalue weighted by Crippen LogP contribution is 2.22. The quantitative estimate of drug-likeness (QED) is 0.845. The Bertz CT molecular complexity index is 792. The second-order valence-corrected chi connectivity index (χ2v) is 6.77. The number of ether oxygens (including phenoxy) is 1. The van der Waals surface area contributed by atoms with Gasteiger partial charge in [-0.25, -0.2) is 0 Å².